The summed E-state index contributed by atoms with van der Waals surface area (Å²) in [5.74, 6) is 0.361. The van der Waals surface area contributed by atoms with E-state index >= 15 is 0 Å². The molecule has 0 aromatic carbocycles. The molecule has 3 nitrogen and oxygen atoms in total. The van der Waals surface area contributed by atoms with E-state index in [1.165, 1.54) is 12.2 Å². The molecule has 0 radical (unpaired) electrons. The van der Waals surface area contributed by atoms with Gasteiger partial charge < -0.3 is 9.29 Å². The van der Waals surface area contributed by atoms with Gasteiger partial charge in [0.15, 0.2) is 0 Å². The second kappa shape index (κ2) is 5.91. The molecule has 0 spiro atoms. The quantitative estimate of drug-likeness (QED) is 0.526. The summed E-state index contributed by atoms with van der Waals surface area (Å²) in [6, 6.07) is 0. The van der Waals surface area contributed by atoms with Crippen molar-refractivity contribution < 1.29 is 14.1 Å². The lowest BCUT2D eigenvalue weighted by atomic mass is 10.5. The van der Waals surface area contributed by atoms with Crippen molar-refractivity contribution in [2.45, 2.75) is 13.3 Å². The number of hydrogen-bond donors (Lipinski definition) is 1. The van der Waals surface area contributed by atoms with Gasteiger partial charge >= 0.3 is 0 Å². The van der Waals surface area contributed by atoms with Crippen LogP contribution in [0.2, 0.25) is 0 Å². The van der Waals surface area contributed by atoms with Gasteiger partial charge in [0.2, 0.25) is 0 Å². The van der Waals surface area contributed by atoms with E-state index in [1.807, 2.05) is 0 Å². The Morgan fingerprint density at radius 2 is 2.33 bits per heavy atom. The maximum atomic E-state index is 9.00. The monoisotopic (exact) mass is 150 g/mol. The molecular formula is C5H10O3S. The van der Waals surface area contributed by atoms with Crippen molar-refractivity contribution in [2.24, 2.45) is 0 Å². The van der Waals surface area contributed by atoms with Crippen LogP contribution in [0.15, 0.2) is 0 Å². The predicted molar refractivity (Wildman–Crippen MR) is 36.3 cm³/mol. The molecule has 0 saturated carbocycles. The maximum absolute atomic E-state index is 9.00. The van der Waals surface area contributed by atoms with Gasteiger partial charge in [-0.15, -0.1) is 0 Å². The second-order valence-electron chi connectivity index (χ2n) is 1.52. The summed E-state index contributed by atoms with van der Waals surface area (Å²) in [6.07, 6.45) is 1.24. The summed E-state index contributed by atoms with van der Waals surface area (Å²) in [7, 11) is 0. The third-order valence-corrected chi connectivity index (χ3v) is 1.33. The summed E-state index contributed by atoms with van der Waals surface area (Å²) in [5, 5.41) is 7.42. The number of carboxylic acids is 1. The Balaban J connectivity index is 0.000000148. The van der Waals surface area contributed by atoms with Crippen LogP contribution in [0, 0.1) is 0 Å². The molecule has 0 aliphatic carbocycles. The van der Waals surface area contributed by atoms with Crippen molar-refractivity contribution in [3.05, 3.63) is 0 Å². The van der Waals surface area contributed by atoms with Crippen LogP contribution in [0.3, 0.4) is 0 Å². The fourth-order valence-electron chi connectivity index (χ4n) is 0.295. The van der Waals surface area contributed by atoms with Crippen LogP contribution in [-0.4, -0.2) is 23.4 Å². The summed E-state index contributed by atoms with van der Waals surface area (Å²) >= 11 is 1.57. The zero-order chi connectivity index (χ0) is 7.11. The largest absolute Gasteiger partial charge is 0.481 e. The Bertz CT molecular complexity index is 68.7. The van der Waals surface area contributed by atoms with Gasteiger partial charge in [0.25, 0.3) is 5.97 Å². The lowest BCUT2D eigenvalue weighted by Crippen LogP contribution is -1.78. The molecule has 1 fully saturated rings. The number of rotatable bonds is 0. The Morgan fingerprint density at radius 3 is 2.44 bits per heavy atom. The first-order valence-corrected chi connectivity index (χ1v) is 3.58. The Kier molecular flexibility index (Phi) is 5.76. The van der Waals surface area contributed by atoms with Gasteiger partial charge in [0.05, 0.1) is 6.61 Å². The van der Waals surface area contributed by atoms with Crippen molar-refractivity contribution in [1.29, 1.82) is 0 Å². The molecule has 1 saturated heterocycles. The molecule has 1 aliphatic heterocycles. The maximum Gasteiger partial charge on any atom is 0.300 e. The lowest BCUT2D eigenvalue weighted by Gasteiger charge is -1.74. The highest BCUT2D eigenvalue weighted by atomic mass is 32.2. The van der Waals surface area contributed by atoms with Crippen molar-refractivity contribution in [3.63, 3.8) is 0 Å². The molecule has 1 heterocycles. The minimum atomic E-state index is -0.833. The van der Waals surface area contributed by atoms with E-state index in [4.69, 9.17) is 14.1 Å². The first-order chi connectivity index (χ1) is 4.23. The van der Waals surface area contributed by atoms with E-state index < -0.39 is 5.97 Å². The molecule has 0 atom stereocenters. The Labute approximate surface area is 58.6 Å². The zero-order valence-corrected chi connectivity index (χ0v) is 6.11. The van der Waals surface area contributed by atoms with E-state index in [1.54, 1.807) is 12.0 Å². The Hall–Kier alpha value is -0.220. The Morgan fingerprint density at radius 1 is 1.78 bits per heavy atom. The third-order valence-electron chi connectivity index (χ3n) is 0.539. The minimum Gasteiger partial charge on any atom is -0.481 e. The fraction of sp³-hybridized carbons (Fsp3) is 0.800. The molecule has 0 amide bonds. The van der Waals surface area contributed by atoms with E-state index in [0.29, 0.717) is 0 Å². The fourth-order valence-corrected chi connectivity index (χ4v) is 0.884. The first kappa shape index (κ1) is 8.78. The van der Waals surface area contributed by atoms with E-state index in [0.717, 1.165) is 13.5 Å². The van der Waals surface area contributed by atoms with E-state index in [2.05, 4.69) is 0 Å². The van der Waals surface area contributed by atoms with Gasteiger partial charge in [0.1, 0.15) is 0 Å². The molecule has 1 aliphatic rings. The zero-order valence-electron chi connectivity index (χ0n) is 5.29. The summed E-state index contributed by atoms with van der Waals surface area (Å²) in [6.45, 7) is 2.05. The average molecular weight is 150 g/mol. The topological polar surface area (TPSA) is 46.5 Å². The number of aliphatic carboxylic acids is 1. The molecular weight excluding hydrogens is 140 g/mol. The van der Waals surface area contributed by atoms with Gasteiger partial charge in [-0.3, -0.25) is 4.79 Å². The van der Waals surface area contributed by atoms with Crippen molar-refractivity contribution in [1.82, 2.24) is 0 Å². The summed E-state index contributed by atoms with van der Waals surface area (Å²) in [4.78, 5) is 9.00. The van der Waals surface area contributed by atoms with Gasteiger partial charge in [-0.2, -0.15) is 0 Å². The molecule has 9 heavy (non-hydrogen) atoms. The molecule has 54 valence electrons. The highest BCUT2D eigenvalue weighted by molar-refractivity contribution is 7.94. The molecule has 1 N–H and O–H groups in total. The van der Waals surface area contributed by atoms with Crippen LogP contribution in [0.5, 0.6) is 0 Å². The van der Waals surface area contributed by atoms with E-state index in [9.17, 15) is 0 Å². The number of hydrogen-bond acceptors (Lipinski definition) is 3. The van der Waals surface area contributed by atoms with Crippen LogP contribution < -0.4 is 0 Å². The molecule has 0 aromatic heterocycles. The molecule has 4 heteroatoms. The van der Waals surface area contributed by atoms with Gasteiger partial charge in [0, 0.05) is 12.7 Å². The van der Waals surface area contributed by atoms with Crippen LogP contribution >= 0.6 is 12.0 Å². The molecule has 1 rings (SSSR count). The minimum absolute atomic E-state index is 0.833. The molecule has 0 bridgehead atoms. The van der Waals surface area contributed by atoms with Crippen LogP contribution in [-0.2, 0) is 8.98 Å². The second-order valence-corrected chi connectivity index (χ2v) is 2.40. The number of carbonyl (C=O) groups is 1. The normalized spacial score (nSPS) is 16.1. The van der Waals surface area contributed by atoms with Crippen LogP contribution in [0.25, 0.3) is 0 Å². The molecule has 0 unspecified atom stereocenters. The first-order valence-electron chi connectivity index (χ1n) is 2.67. The highest BCUT2D eigenvalue weighted by Gasteiger charge is 1.96. The predicted octanol–water partition coefficient (Wildman–Crippen LogP) is 1.15. The van der Waals surface area contributed by atoms with Crippen LogP contribution in [0.4, 0.5) is 0 Å². The van der Waals surface area contributed by atoms with Gasteiger partial charge in [-0.05, 0) is 18.5 Å². The highest BCUT2D eigenvalue weighted by Crippen LogP contribution is 2.11. The summed E-state index contributed by atoms with van der Waals surface area (Å²) < 4.78 is 4.86. The van der Waals surface area contributed by atoms with Gasteiger partial charge in [-0.1, -0.05) is 0 Å². The summed E-state index contributed by atoms with van der Waals surface area (Å²) in [5.41, 5.74) is 0. The van der Waals surface area contributed by atoms with Crippen LogP contribution in [0.1, 0.15) is 13.3 Å². The SMILES string of the molecule is C1COSC1.CC(=O)O. The number of carboxylic acid groups (broad SMARTS) is 1. The third kappa shape index (κ3) is 11.4. The van der Waals surface area contributed by atoms with Crippen molar-refractivity contribution >= 4 is 18.0 Å². The standard InChI is InChI=1S/C3H6OS.C2H4O2/c1-2-4-5-3-1;1-2(3)4/h1-3H2;1H3,(H,3,4). The van der Waals surface area contributed by atoms with Crippen molar-refractivity contribution in [3.8, 4) is 0 Å². The smallest absolute Gasteiger partial charge is 0.300 e. The molecule has 0 aromatic rings. The van der Waals surface area contributed by atoms with Crippen molar-refractivity contribution in [2.75, 3.05) is 12.4 Å². The average Bonchev–Trinajstić information content (AvgIpc) is 2.11. The van der Waals surface area contributed by atoms with Gasteiger partial charge in [-0.25, -0.2) is 0 Å². The van der Waals surface area contributed by atoms with E-state index in [-0.39, 0.29) is 0 Å². The lowest BCUT2D eigenvalue weighted by molar-refractivity contribution is -0.134.